The highest BCUT2D eigenvalue weighted by Gasteiger charge is 2.29. The average Bonchev–Trinajstić information content (AvgIpc) is 2.83. The van der Waals surface area contributed by atoms with Gasteiger partial charge in [-0.2, -0.15) is 8.78 Å². The third-order valence-electron chi connectivity index (χ3n) is 3.47. The van der Waals surface area contributed by atoms with Gasteiger partial charge in [0.05, 0.1) is 5.92 Å². The minimum absolute atomic E-state index is 0.00330. The molecule has 1 saturated heterocycles. The van der Waals surface area contributed by atoms with E-state index < -0.39 is 6.61 Å². The monoisotopic (exact) mass is 284 g/mol. The molecule has 2 unspecified atom stereocenters. The standard InChI is InChI=1S/C14H18F2N2O2/c1-9-6-17-8-12(9)13(19)18-7-10-2-4-11(5-3-10)20-14(15)16/h2-5,9,12,14,17H,6-8H2,1H3,(H,18,19). The van der Waals surface area contributed by atoms with Crippen LogP contribution in [0.1, 0.15) is 12.5 Å². The Labute approximate surface area is 116 Å². The number of hydrogen-bond acceptors (Lipinski definition) is 3. The maximum absolute atomic E-state index is 12.0. The molecule has 0 aromatic heterocycles. The van der Waals surface area contributed by atoms with Crippen molar-refractivity contribution in [2.45, 2.75) is 20.1 Å². The highest BCUT2D eigenvalue weighted by Crippen LogP contribution is 2.17. The normalized spacial score (nSPS) is 22.0. The van der Waals surface area contributed by atoms with Crippen molar-refractivity contribution in [3.05, 3.63) is 29.8 Å². The van der Waals surface area contributed by atoms with Crippen LogP contribution in [0.4, 0.5) is 8.78 Å². The maximum atomic E-state index is 12.0. The van der Waals surface area contributed by atoms with Gasteiger partial charge in [-0.3, -0.25) is 4.79 Å². The molecular weight excluding hydrogens is 266 g/mol. The summed E-state index contributed by atoms with van der Waals surface area (Å²) in [5, 5.41) is 6.04. The van der Waals surface area contributed by atoms with E-state index in [0.717, 1.165) is 12.1 Å². The van der Waals surface area contributed by atoms with Crippen LogP contribution in [0.3, 0.4) is 0 Å². The Morgan fingerprint density at radius 1 is 1.40 bits per heavy atom. The molecular formula is C14H18F2N2O2. The molecule has 2 atom stereocenters. The zero-order valence-electron chi connectivity index (χ0n) is 11.2. The van der Waals surface area contributed by atoms with E-state index in [9.17, 15) is 13.6 Å². The molecule has 1 heterocycles. The smallest absolute Gasteiger partial charge is 0.387 e. The molecule has 1 amide bonds. The third-order valence-corrected chi connectivity index (χ3v) is 3.47. The minimum Gasteiger partial charge on any atom is -0.435 e. The van der Waals surface area contributed by atoms with Crippen molar-refractivity contribution in [3.63, 3.8) is 0 Å². The number of hydrogen-bond donors (Lipinski definition) is 2. The first-order chi connectivity index (χ1) is 9.56. The second-order valence-electron chi connectivity index (χ2n) is 4.98. The molecule has 1 aliphatic rings. The van der Waals surface area contributed by atoms with E-state index in [1.54, 1.807) is 12.1 Å². The van der Waals surface area contributed by atoms with E-state index in [2.05, 4.69) is 15.4 Å². The molecule has 0 radical (unpaired) electrons. The van der Waals surface area contributed by atoms with Crippen molar-refractivity contribution < 1.29 is 18.3 Å². The van der Waals surface area contributed by atoms with E-state index >= 15 is 0 Å². The summed E-state index contributed by atoms with van der Waals surface area (Å²) < 4.78 is 28.3. The van der Waals surface area contributed by atoms with Crippen LogP contribution in [0.15, 0.2) is 24.3 Å². The van der Waals surface area contributed by atoms with Gasteiger partial charge in [0.1, 0.15) is 5.75 Å². The van der Waals surface area contributed by atoms with Crippen LogP contribution in [-0.4, -0.2) is 25.6 Å². The van der Waals surface area contributed by atoms with Gasteiger partial charge in [0.25, 0.3) is 0 Å². The second-order valence-corrected chi connectivity index (χ2v) is 4.98. The summed E-state index contributed by atoms with van der Waals surface area (Å²) in [5.74, 6) is 0.465. The molecule has 1 fully saturated rings. The number of amides is 1. The molecule has 0 bridgehead atoms. The van der Waals surface area contributed by atoms with Gasteiger partial charge < -0.3 is 15.4 Å². The van der Waals surface area contributed by atoms with E-state index in [-0.39, 0.29) is 17.6 Å². The van der Waals surface area contributed by atoms with Crippen molar-refractivity contribution in [3.8, 4) is 5.75 Å². The van der Waals surface area contributed by atoms with Crippen LogP contribution < -0.4 is 15.4 Å². The lowest BCUT2D eigenvalue weighted by molar-refractivity contribution is -0.125. The Hall–Kier alpha value is -1.69. The fourth-order valence-corrected chi connectivity index (χ4v) is 2.27. The second kappa shape index (κ2) is 6.65. The Morgan fingerprint density at radius 3 is 2.65 bits per heavy atom. The number of carbonyl (C=O) groups is 1. The lowest BCUT2D eigenvalue weighted by Crippen LogP contribution is -2.33. The maximum Gasteiger partial charge on any atom is 0.387 e. The molecule has 2 N–H and O–H groups in total. The minimum atomic E-state index is -2.82. The van der Waals surface area contributed by atoms with E-state index in [4.69, 9.17) is 0 Å². The van der Waals surface area contributed by atoms with Gasteiger partial charge in [-0.15, -0.1) is 0 Å². The van der Waals surface area contributed by atoms with Crippen LogP contribution >= 0.6 is 0 Å². The third kappa shape index (κ3) is 3.90. The molecule has 1 aromatic carbocycles. The Balaban J connectivity index is 1.83. The summed E-state index contributed by atoms with van der Waals surface area (Å²) in [6, 6.07) is 6.25. The lowest BCUT2D eigenvalue weighted by atomic mass is 9.97. The van der Waals surface area contributed by atoms with Gasteiger partial charge in [0.15, 0.2) is 0 Å². The topological polar surface area (TPSA) is 50.4 Å². The average molecular weight is 284 g/mol. The van der Waals surface area contributed by atoms with Crippen molar-refractivity contribution in [2.75, 3.05) is 13.1 Å². The van der Waals surface area contributed by atoms with Gasteiger partial charge in [0.2, 0.25) is 5.91 Å². The highest BCUT2D eigenvalue weighted by atomic mass is 19.3. The van der Waals surface area contributed by atoms with Crippen molar-refractivity contribution in [1.82, 2.24) is 10.6 Å². The zero-order chi connectivity index (χ0) is 14.5. The Morgan fingerprint density at radius 2 is 2.10 bits per heavy atom. The van der Waals surface area contributed by atoms with Gasteiger partial charge >= 0.3 is 6.61 Å². The summed E-state index contributed by atoms with van der Waals surface area (Å²) in [6.07, 6.45) is 0. The van der Waals surface area contributed by atoms with Gasteiger partial charge in [-0.05, 0) is 30.2 Å². The van der Waals surface area contributed by atoms with Crippen LogP contribution in [0.25, 0.3) is 0 Å². The first-order valence-electron chi connectivity index (χ1n) is 6.58. The van der Waals surface area contributed by atoms with Crippen LogP contribution in [-0.2, 0) is 11.3 Å². The van der Waals surface area contributed by atoms with Gasteiger partial charge in [0, 0.05) is 13.1 Å². The number of carbonyl (C=O) groups excluding carboxylic acids is 1. The van der Waals surface area contributed by atoms with E-state index in [1.807, 2.05) is 6.92 Å². The molecule has 2 rings (SSSR count). The number of benzene rings is 1. The van der Waals surface area contributed by atoms with Crippen molar-refractivity contribution in [1.29, 1.82) is 0 Å². The SMILES string of the molecule is CC1CNCC1C(=O)NCc1ccc(OC(F)F)cc1. The number of nitrogens with one attached hydrogen (secondary N) is 2. The Kier molecular flexibility index (Phi) is 4.89. The number of ether oxygens (including phenoxy) is 1. The quantitative estimate of drug-likeness (QED) is 0.866. The first kappa shape index (κ1) is 14.7. The van der Waals surface area contributed by atoms with Gasteiger partial charge in [-0.25, -0.2) is 0 Å². The fraction of sp³-hybridized carbons (Fsp3) is 0.500. The summed E-state index contributed by atoms with van der Waals surface area (Å²) in [6.45, 7) is 1.17. The summed E-state index contributed by atoms with van der Waals surface area (Å²) in [7, 11) is 0. The van der Waals surface area contributed by atoms with Crippen molar-refractivity contribution in [2.24, 2.45) is 11.8 Å². The molecule has 0 aliphatic carbocycles. The van der Waals surface area contributed by atoms with E-state index in [0.29, 0.717) is 19.0 Å². The molecule has 20 heavy (non-hydrogen) atoms. The lowest BCUT2D eigenvalue weighted by Gasteiger charge is -2.14. The Bertz CT molecular complexity index is 451. The highest BCUT2D eigenvalue weighted by molar-refractivity contribution is 5.79. The van der Waals surface area contributed by atoms with Crippen molar-refractivity contribution >= 4 is 5.91 Å². The fourth-order valence-electron chi connectivity index (χ4n) is 2.27. The summed E-state index contributed by atoms with van der Waals surface area (Å²) in [5.41, 5.74) is 0.846. The first-order valence-corrected chi connectivity index (χ1v) is 6.58. The number of alkyl halides is 2. The molecule has 0 spiro atoms. The predicted octanol–water partition coefficient (Wildman–Crippen LogP) is 1.76. The molecule has 6 heteroatoms. The number of rotatable bonds is 5. The molecule has 110 valence electrons. The summed E-state index contributed by atoms with van der Waals surface area (Å²) >= 11 is 0. The molecule has 0 saturated carbocycles. The van der Waals surface area contributed by atoms with E-state index in [1.165, 1.54) is 12.1 Å². The zero-order valence-corrected chi connectivity index (χ0v) is 11.2. The van der Waals surface area contributed by atoms with Crippen LogP contribution in [0, 0.1) is 11.8 Å². The number of halogens is 2. The largest absolute Gasteiger partial charge is 0.435 e. The van der Waals surface area contributed by atoms with Crippen LogP contribution in [0.2, 0.25) is 0 Å². The van der Waals surface area contributed by atoms with Crippen LogP contribution in [0.5, 0.6) is 5.75 Å². The molecule has 4 nitrogen and oxygen atoms in total. The predicted molar refractivity (Wildman–Crippen MR) is 70.4 cm³/mol. The summed E-state index contributed by atoms with van der Waals surface area (Å²) in [4.78, 5) is 12.0. The molecule has 1 aromatic rings. The van der Waals surface area contributed by atoms with Gasteiger partial charge in [-0.1, -0.05) is 19.1 Å². The molecule has 1 aliphatic heterocycles.